The molecule has 2 aliphatic heterocycles. The number of benzene rings is 2. The lowest BCUT2D eigenvalue weighted by Gasteiger charge is -2.31. The minimum absolute atomic E-state index is 0.0638. The molecule has 7 nitrogen and oxygen atoms in total. The van der Waals surface area contributed by atoms with Gasteiger partial charge in [-0.2, -0.15) is 4.72 Å². The highest BCUT2D eigenvalue weighted by Gasteiger charge is 2.32. The van der Waals surface area contributed by atoms with Gasteiger partial charge in [0.1, 0.15) is 6.04 Å². The maximum atomic E-state index is 13.4. The van der Waals surface area contributed by atoms with Crippen molar-refractivity contribution >= 4 is 33.1 Å². The van der Waals surface area contributed by atoms with Crippen molar-refractivity contribution in [2.45, 2.75) is 51.0 Å². The number of nitrogens with zero attached hydrogens (tertiary/aromatic N) is 2. The number of anilines is 1. The van der Waals surface area contributed by atoms with Gasteiger partial charge in [0.05, 0.1) is 4.90 Å². The lowest BCUT2D eigenvalue weighted by atomic mass is 9.98. The van der Waals surface area contributed by atoms with Gasteiger partial charge in [-0.3, -0.25) is 9.59 Å². The van der Waals surface area contributed by atoms with Crippen LogP contribution in [0.2, 0.25) is 0 Å². The first kappa shape index (κ1) is 25.1. The largest absolute Gasteiger partial charge is 0.337 e. The molecule has 2 aromatic carbocycles. The minimum atomic E-state index is -3.92. The SMILES string of the molecule is CC(=O)N1CCc2cc(S(=O)(=O)NC(CC(C)C)C(=O)N3CC=C(c4ccccc4)CC3)ccc21. The third-order valence-electron chi connectivity index (χ3n) is 6.60. The molecule has 0 fully saturated rings. The second-order valence-corrected chi connectivity index (χ2v) is 11.4. The van der Waals surface area contributed by atoms with E-state index in [-0.39, 0.29) is 22.6 Å². The highest BCUT2D eigenvalue weighted by molar-refractivity contribution is 7.89. The van der Waals surface area contributed by atoms with E-state index >= 15 is 0 Å². The molecule has 2 amide bonds. The summed E-state index contributed by atoms with van der Waals surface area (Å²) in [6.45, 7) is 7.01. The highest BCUT2D eigenvalue weighted by Crippen LogP contribution is 2.30. The van der Waals surface area contributed by atoms with Crippen LogP contribution in [-0.4, -0.2) is 50.8 Å². The maximum Gasteiger partial charge on any atom is 0.241 e. The Morgan fingerprint density at radius 1 is 1.03 bits per heavy atom. The van der Waals surface area contributed by atoms with Gasteiger partial charge in [0.15, 0.2) is 0 Å². The monoisotopic (exact) mass is 495 g/mol. The average molecular weight is 496 g/mol. The zero-order chi connectivity index (χ0) is 25.2. The molecule has 0 saturated carbocycles. The molecular weight excluding hydrogens is 462 g/mol. The molecule has 2 aromatic rings. The van der Waals surface area contributed by atoms with Gasteiger partial charge in [-0.05, 0) is 60.1 Å². The number of hydrogen-bond acceptors (Lipinski definition) is 4. The molecule has 0 radical (unpaired) electrons. The van der Waals surface area contributed by atoms with E-state index in [1.165, 1.54) is 18.6 Å². The van der Waals surface area contributed by atoms with E-state index in [2.05, 4.69) is 22.9 Å². The second-order valence-electron chi connectivity index (χ2n) is 9.64. The zero-order valence-corrected chi connectivity index (χ0v) is 21.3. The summed E-state index contributed by atoms with van der Waals surface area (Å²) in [4.78, 5) is 28.7. The predicted molar refractivity (Wildman–Crippen MR) is 137 cm³/mol. The van der Waals surface area contributed by atoms with E-state index in [9.17, 15) is 18.0 Å². The van der Waals surface area contributed by atoms with Crippen LogP contribution < -0.4 is 9.62 Å². The summed E-state index contributed by atoms with van der Waals surface area (Å²) in [6, 6.07) is 14.1. The van der Waals surface area contributed by atoms with Crippen molar-refractivity contribution in [3.8, 4) is 0 Å². The summed E-state index contributed by atoms with van der Waals surface area (Å²) in [7, 11) is -3.92. The third kappa shape index (κ3) is 5.65. The van der Waals surface area contributed by atoms with Crippen LogP contribution in [0.4, 0.5) is 5.69 Å². The van der Waals surface area contributed by atoms with Gasteiger partial charge in [-0.1, -0.05) is 50.3 Å². The van der Waals surface area contributed by atoms with Crippen LogP contribution in [0.15, 0.2) is 59.5 Å². The quantitative estimate of drug-likeness (QED) is 0.636. The molecule has 8 heteroatoms. The first-order valence-corrected chi connectivity index (χ1v) is 13.6. The molecule has 1 N–H and O–H groups in total. The van der Waals surface area contributed by atoms with Crippen LogP contribution in [-0.2, 0) is 26.0 Å². The standard InChI is InChI=1S/C27H33N3O4S/c1-19(2)17-25(27(32)29-14-11-22(12-15-29)21-7-5-4-6-8-21)28-35(33,34)24-9-10-26-23(18-24)13-16-30(26)20(3)31/h4-11,18-19,25,28H,12-17H2,1-3H3. The van der Waals surface area contributed by atoms with Gasteiger partial charge in [-0.15, -0.1) is 0 Å². The molecule has 35 heavy (non-hydrogen) atoms. The minimum Gasteiger partial charge on any atom is -0.337 e. The topological polar surface area (TPSA) is 86.8 Å². The molecule has 0 aliphatic carbocycles. The molecule has 1 atom stereocenters. The van der Waals surface area contributed by atoms with Crippen molar-refractivity contribution in [1.82, 2.24) is 9.62 Å². The fourth-order valence-corrected chi connectivity index (χ4v) is 6.05. The lowest BCUT2D eigenvalue weighted by Crippen LogP contribution is -2.50. The number of fused-ring (bicyclic) bond motifs is 1. The summed E-state index contributed by atoms with van der Waals surface area (Å²) in [5.41, 5.74) is 3.93. The van der Waals surface area contributed by atoms with E-state index in [0.29, 0.717) is 32.5 Å². The molecule has 0 aromatic heterocycles. The van der Waals surface area contributed by atoms with E-state index in [1.807, 2.05) is 32.0 Å². The zero-order valence-electron chi connectivity index (χ0n) is 20.5. The van der Waals surface area contributed by atoms with Crippen molar-refractivity contribution in [2.75, 3.05) is 24.5 Å². The third-order valence-corrected chi connectivity index (χ3v) is 8.07. The van der Waals surface area contributed by atoms with E-state index in [0.717, 1.165) is 23.2 Å². The molecule has 186 valence electrons. The van der Waals surface area contributed by atoms with Crippen molar-refractivity contribution in [2.24, 2.45) is 5.92 Å². The first-order valence-electron chi connectivity index (χ1n) is 12.1. The van der Waals surface area contributed by atoms with E-state index < -0.39 is 16.1 Å². The number of carbonyl (C=O) groups is 2. The average Bonchev–Trinajstić information content (AvgIpc) is 3.27. The van der Waals surface area contributed by atoms with Gasteiger partial charge in [0, 0.05) is 32.2 Å². The van der Waals surface area contributed by atoms with Gasteiger partial charge >= 0.3 is 0 Å². The summed E-state index contributed by atoms with van der Waals surface area (Å²) in [5, 5.41) is 0. The number of hydrogen-bond donors (Lipinski definition) is 1. The molecule has 0 spiro atoms. The van der Waals surface area contributed by atoms with Crippen LogP contribution >= 0.6 is 0 Å². The second kappa shape index (κ2) is 10.3. The number of amides is 2. The summed E-state index contributed by atoms with van der Waals surface area (Å²) < 4.78 is 29.3. The molecule has 2 aliphatic rings. The molecule has 4 rings (SSSR count). The Hall–Kier alpha value is -2.97. The number of sulfonamides is 1. The van der Waals surface area contributed by atoms with Crippen molar-refractivity contribution in [3.05, 3.63) is 65.7 Å². The van der Waals surface area contributed by atoms with E-state index in [4.69, 9.17) is 0 Å². The van der Waals surface area contributed by atoms with Gasteiger partial charge in [0.25, 0.3) is 0 Å². The van der Waals surface area contributed by atoms with Gasteiger partial charge in [0.2, 0.25) is 21.8 Å². The number of carbonyl (C=O) groups excluding carboxylic acids is 2. The number of rotatable bonds is 7. The van der Waals surface area contributed by atoms with Gasteiger partial charge in [-0.25, -0.2) is 8.42 Å². The highest BCUT2D eigenvalue weighted by atomic mass is 32.2. The fourth-order valence-electron chi connectivity index (χ4n) is 4.80. The Morgan fingerprint density at radius 2 is 1.77 bits per heavy atom. The fraction of sp³-hybridized carbons (Fsp3) is 0.407. The van der Waals surface area contributed by atoms with Crippen molar-refractivity contribution < 1.29 is 18.0 Å². The lowest BCUT2D eigenvalue weighted by molar-refractivity contribution is -0.133. The van der Waals surface area contributed by atoms with Gasteiger partial charge < -0.3 is 9.80 Å². The van der Waals surface area contributed by atoms with Crippen molar-refractivity contribution in [3.63, 3.8) is 0 Å². The van der Waals surface area contributed by atoms with Crippen LogP contribution in [0.1, 0.15) is 44.7 Å². The van der Waals surface area contributed by atoms with Crippen molar-refractivity contribution in [1.29, 1.82) is 0 Å². The summed E-state index contributed by atoms with van der Waals surface area (Å²) in [6.07, 6.45) is 3.80. The summed E-state index contributed by atoms with van der Waals surface area (Å²) in [5.74, 6) is -0.128. The summed E-state index contributed by atoms with van der Waals surface area (Å²) >= 11 is 0. The van der Waals surface area contributed by atoms with E-state index in [1.54, 1.807) is 21.9 Å². The Morgan fingerprint density at radius 3 is 2.40 bits per heavy atom. The molecule has 2 heterocycles. The Kier molecular flexibility index (Phi) is 7.42. The first-order chi connectivity index (χ1) is 16.7. The van der Waals surface area contributed by atoms with Crippen LogP contribution in [0, 0.1) is 5.92 Å². The maximum absolute atomic E-state index is 13.4. The molecule has 0 saturated heterocycles. The Balaban J connectivity index is 1.50. The predicted octanol–water partition coefficient (Wildman–Crippen LogP) is 3.60. The molecular formula is C27H33N3O4S. The molecule has 0 bridgehead atoms. The Bertz CT molecular complexity index is 1240. The van der Waals surface area contributed by atoms with Crippen LogP contribution in [0.3, 0.4) is 0 Å². The number of nitrogens with one attached hydrogen (secondary N) is 1. The van der Waals surface area contributed by atoms with Crippen LogP contribution in [0.5, 0.6) is 0 Å². The Labute approximate surface area is 207 Å². The normalized spacial score (nSPS) is 16.7. The van der Waals surface area contributed by atoms with Crippen LogP contribution in [0.25, 0.3) is 5.57 Å². The molecule has 1 unspecified atom stereocenters. The smallest absolute Gasteiger partial charge is 0.241 e.